The zero-order chi connectivity index (χ0) is 20.8. The SMILES string of the molecule is CC[C@@H](NC(=O)c1ccc(-c2ccccc2)cc1)c1ccc(C(=O)NO)cc1F. The van der Waals surface area contributed by atoms with E-state index in [9.17, 15) is 14.0 Å². The van der Waals surface area contributed by atoms with Crippen LogP contribution in [0.1, 0.15) is 45.7 Å². The first-order valence-electron chi connectivity index (χ1n) is 9.23. The van der Waals surface area contributed by atoms with Gasteiger partial charge in [-0.15, -0.1) is 0 Å². The maximum atomic E-state index is 14.5. The molecule has 0 heterocycles. The monoisotopic (exact) mass is 392 g/mol. The fraction of sp³-hybridized carbons (Fsp3) is 0.130. The van der Waals surface area contributed by atoms with Gasteiger partial charge >= 0.3 is 0 Å². The lowest BCUT2D eigenvalue weighted by Crippen LogP contribution is -2.29. The highest BCUT2D eigenvalue weighted by atomic mass is 19.1. The van der Waals surface area contributed by atoms with Gasteiger partial charge in [0.15, 0.2) is 0 Å². The van der Waals surface area contributed by atoms with Crippen LogP contribution in [0.3, 0.4) is 0 Å². The van der Waals surface area contributed by atoms with E-state index >= 15 is 0 Å². The Bertz CT molecular complexity index is 1000. The number of benzene rings is 3. The summed E-state index contributed by atoms with van der Waals surface area (Å²) in [4.78, 5) is 24.0. The van der Waals surface area contributed by atoms with Gasteiger partial charge in [-0.2, -0.15) is 0 Å². The molecule has 3 N–H and O–H groups in total. The molecule has 0 saturated carbocycles. The predicted molar refractivity (Wildman–Crippen MR) is 108 cm³/mol. The van der Waals surface area contributed by atoms with E-state index in [4.69, 9.17) is 5.21 Å². The molecule has 0 aliphatic rings. The lowest BCUT2D eigenvalue weighted by atomic mass is 10.0. The number of amides is 2. The second kappa shape index (κ2) is 9.12. The third-order valence-corrected chi connectivity index (χ3v) is 4.71. The average Bonchev–Trinajstić information content (AvgIpc) is 2.77. The molecular formula is C23H21FN2O3. The van der Waals surface area contributed by atoms with Crippen LogP contribution in [0.2, 0.25) is 0 Å². The fourth-order valence-electron chi connectivity index (χ4n) is 3.10. The second-order valence-corrected chi connectivity index (χ2v) is 6.55. The van der Waals surface area contributed by atoms with Crippen LogP contribution < -0.4 is 10.8 Å². The minimum atomic E-state index is -0.800. The smallest absolute Gasteiger partial charge is 0.274 e. The molecule has 3 rings (SSSR count). The second-order valence-electron chi connectivity index (χ2n) is 6.55. The van der Waals surface area contributed by atoms with Crippen molar-refractivity contribution in [2.75, 3.05) is 0 Å². The molecule has 29 heavy (non-hydrogen) atoms. The molecule has 0 unspecified atom stereocenters. The van der Waals surface area contributed by atoms with Gasteiger partial charge in [0.05, 0.1) is 6.04 Å². The van der Waals surface area contributed by atoms with Crippen LogP contribution in [0.15, 0.2) is 72.8 Å². The quantitative estimate of drug-likeness (QED) is 0.427. The summed E-state index contributed by atoms with van der Waals surface area (Å²) < 4.78 is 14.5. The van der Waals surface area contributed by atoms with Crippen molar-refractivity contribution in [1.29, 1.82) is 0 Å². The van der Waals surface area contributed by atoms with Gasteiger partial charge < -0.3 is 5.32 Å². The van der Waals surface area contributed by atoms with Crippen molar-refractivity contribution in [3.63, 3.8) is 0 Å². The zero-order valence-corrected chi connectivity index (χ0v) is 15.9. The van der Waals surface area contributed by atoms with Crippen LogP contribution in [-0.4, -0.2) is 17.0 Å². The molecule has 0 spiro atoms. The van der Waals surface area contributed by atoms with Crippen molar-refractivity contribution in [3.8, 4) is 11.1 Å². The molecule has 3 aromatic rings. The molecule has 0 fully saturated rings. The van der Waals surface area contributed by atoms with Crippen LogP contribution in [0, 0.1) is 5.82 Å². The molecule has 5 nitrogen and oxygen atoms in total. The third kappa shape index (κ3) is 4.67. The summed E-state index contributed by atoms with van der Waals surface area (Å²) in [7, 11) is 0. The molecule has 0 saturated heterocycles. The van der Waals surface area contributed by atoms with E-state index in [0.717, 1.165) is 17.2 Å². The molecule has 0 aliphatic heterocycles. The molecular weight excluding hydrogens is 371 g/mol. The number of nitrogens with one attached hydrogen (secondary N) is 2. The van der Waals surface area contributed by atoms with Crippen molar-refractivity contribution in [1.82, 2.24) is 10.8 Å². The van der Waals surface area contributed by atoms with Crippen LogP contribution >= 0.6 is 0 Å². The summed E-state index contributed by atoms with van der Waals surface area (Å²) in [6.45, 7) is 1.83. The van der Waals surface area contributed by atoms with Crippen molar-refractivity contribution in [2.24, 2.45) is 0 Å². The largest absolute Gasteiger partial charge is 0.345 e. The van der Waals surface area contributed by atoms with E-state index in [2.05, 4.69) is 5.32 Å². The summed E-state index contributed by atoms with van der Waals surface area (Å²) in [5, 5.41) is 11.5. The standard InChI is InChI=1S/C23H21FN2O3/c1-2-21(19-13-12-18(14-20(19)24)23(28)26-29)25-22(27)17-10-8-16(9-11-17)15-6-4-3-5-7-15/h3-14,21,29H,2H2,1H3,(H,25,27)(H,26,28)/t21-/m1/s1. The highest BCUT2D eigenvalue weighted by Gasteiger charge is 2.19. The van der Waals surface area contributed by atoms with Crippen molar-refractivity contribution < 1.29 is 19.2 Å². The maximum absolute atomic E-state index is 14.5. The Morgan fingerprint density at radius 1 is 0.897 bits per heavy atom. The first kappa shape index (κ1) is 20.2. The Morgan fingerprint density at radius 3 is 2.10 bits per heavy atom. The number of hydroxylamine groups is 1. The van der Waals surface area contributed by atoms with Gasteiger partial charge in [-0.3, -0.25) is 14.8 Å². The summed E-state index contributed by atoms with van der Waals surface area (Å²) in [6, 6.07) is 20.3. The summed E-state index contributed by atoms with van der Waals surface area (Å²) >= 11 is 0. The van der Waals surface area contributed by atoms with Crippen LogP contribution in [0.5, 0.6) is 0 Å². The predicted octanol–water partition coefficient (Wildman–Crippen LogP) is 4.49. The highest BCUT2D eigenvalue weighted by molar-refractivity contribution is 5.95. The lowest BCUT2D eigenvalue weighted by molar-refractivity contribution is 0.0705. The normalized spacial score (nSPS) is 11.6. The summed E-state index contributed by atoms with van der Waals surface area (Å²) in [6.07, 6.45) is 0.469. The van der Waals surface area contributed by atoms with E-state index in [-0.39, 0.29) is 17.0 Å². The van der Waals surface area contributed by atoms with Crippen molar-refractivity contribution >= 4 is 11.8 Å². The topological polar surface area (TPSA) is 78.4 Å². The number of hydrogen-bond acceptors (Lipinski definition) is 3. The van der Waals surface area contributed by atoms with Gasteiger partial charge in [-0.25, -0.2) is 9.87 Å². The minimum Gasteiger partial charge on any atom is -0.345 e. The lowest BCUT2D eigenvalue weighted by Gasteiger charge is -2.19. The Labute approximate surface area is 168 Å². The van der Waals surface area contributed by atoms with E-state index in [1.165, 1.54) is 17.6 Å². The molecule has 2 amide bonds. The molecule has 0 radical (unpaired) electrons. The van der Waals surface area contributed by atoms with Gasteiger partial charge in [-0.1, -0.05) is 55.5 Å². The molecule has 1 atom stereocenters. The number of hydrogen-bond donors (Lipinski definition) is 3. The van der Waals surface area contributed by atoms with Gasteiger partial charge in [0, 0.05) is 16.7 Å². The Balaban J connectivity index is 1.75. The Kier molecular flexibility index (Phi) is 6.36. The van der Waals surface area contributed by atoms with Crippen molar-refractivity contribution in [3.05, 3.63) is 95.3 Å². The number of rotatable bonds is 6. The molecule has 3 aromatic carbocycles. The number of halogens is 1. The zero-order valence-electron chi connectivity index (χ0n) is 15.9. The molecule has 6 heteroatoms. The van der Waals surface area contributed by atoms with Crippen molar-refractivity contribution in [2.45, 2.75) is 19.4 Å². The molecule has 0 aliphatic carbocycles. The number of carbonyl (C=O) groups excluding carboxylic acids is 2. The summed E-state index contributed by atoms with van der Waals surface area (Å²) in [5.74, 6) is -1.74. The first-order valence-corrected chi connectivity index (χ1v) is 9.23. The van der Waals surface area contributed by atoms with E-state index in [1.54, 1.807) is 12.1 Å². The third-order valence-electron chi connectivity index (χ3n) is 4.71. The molecule has 0 aromatic heterocycles. The van der Waals surface area contributed by atoms with Crippen LogP contribution in [0.4, 0.5) is 4.39 Å². The highest BCUT2D eigenvalue weighted by Crippen LogP contribution is 2.23. The Hall–Kier alpha value is -3.51. The van der Waals surface area contributed by atoms with Gasteiger partial charge in [0.25, 0.3) is 11.8 Å². The Morgan fingerprint density at radius 2 is 1.52 bits per heavy atom. The van der Waals surface area contributed by atoms with Gasteiger partial charge in [0.2, 0.25) is 0 Å². The van der Waals surface area contributed by atoms with Crippen LogP contribution in [0.25, 0.3) is 11.1 Å². The van der Waals surface area contributed by atoms with E-state index < -0.39 is 17.8 Å². The summed E-state index contributed by atoms with van der Waals surface area (Å²) in [5.41, 5.74) is 4.26. The number of carbonyl (C=O) groups is 2. The molecule has 148 valence electrons. The maximum Gasteiger partial charge on any atom is 0.274 e. The van der Waals surface area contributed by atoms with E-state index in [0.29, 0.717) is 12.0 Å². The molecule has 0 bridgehead atoms. The van der Waals surface area contributed by atoms with Gasteiger partial charge in [0.1, 0.15) is 5.82 Å². The average molecular weight is 392 g/mol. The fourth-order valence-corrected chi connectivity index (χ4v) is 3.10. The van der Waals surface area contributed by atoms with E-state index in [1.807, 2.05) is 49.4 Å². The first-order chi connectivity index (χ1) is 14.0. The van der Waals surface area contributed by atoms with Gasteiger partial charge in [-0.05, 0) is 41.8 Å². The van der Waals surface area contributed by atoms with Crippen LogP contribution in [-0.2, 0) is 0 Å². The minimum absolute atomic E-state index is 0.00793.